The number of nitrogens with zero attached hydrogens (tertiary/aromatic N) is 2. The molecule has 5 nitrogen and oxygen atoms in total. The fourth-order valence-electron chi connectivity index (χ4n) is 4.75. The molecular formula is C30H47N5. The van der Waals surface area contributed by atoms with Crippen molar-refractivity contribution in [3.63, 3.8) is 0 Å². The molecule has 0 fully saturated rings. The summed E-state index contributed by atoms with van der Waals surface area (Å²) in [6.07, 6.45) is 4.57. The van der Waals surface area contributed by atoms with Crippen LogP contribution in [0.25, 0.3) is 0 Å². The fourth-order valence-corrected chi connectivity index (χ4v) is 4.75. The minimum absolute atomic E-state index is 0.461. The molecule has 35 heavy (non-hydrogen) atoms. The molecule has 0 aromatic heterocycles. The topological polar surface area (TPSA) is 42.6 Å². The second kappa shape index (κ2) is 12.3. The van der Waals surface area contributed by atoms with Gasteiger partial charge in [-0.1, -0.05) is 41.5 Å². The molecule has 3 N–H and O–H groups in total. The molecule has 0 saturated heterocycles. The van der Waals surface area contributed by atoms with Gasteiger partial charge in [-0.15, -0.1) is 5.53 Å². The van der Waals surface area contributed by atoms with Gasteiger partial charge in [0.2, 0.25) is 0 Å². The van der Waals surface area contributed by atoms with Crippen molar-refractivity contribution in [2.45, 2.75) is 80.3 Å². The number of hydrogen-bond donors (Lipinski definition) is 3. The van der Waals surface area contributed by atoms with Gasteiger partial charge in [0.1, 0.15) is 0 Å². The summed E-state index contributed by atoms with van der Waals surface area (Å²) >= 11 is 0. The molecule has 0 spiro atoms. The molecule has 1 heterocycles. The first kappa shape index (κ1) is 26.9. The van der Waals surface area contributed by atoms with Crippen LogP contribution in [0.5, 0.6) is 0 Å². The van der Waals surface area contributed by atoms with Crippen molar-refractivity contribution >= 4 is 22.7 Å². The average Bonchev–Trinajstić information content (AvgIpc) is 2.78. The van der Waals surface area contributed by atoms with Gasteiger partial charge in [0.05, 0.1) is 17.9 Å². The highest BCUT2D eigenvalue weighted by Crippen LogP contribution is 2.27. The molecule has 0 radical (unpaired) electrons. The molecule has 0 bridgehead atoms. The number of rotatable bonds is 11. The third kappa shape index (κ3) is 8.21. The first-order valence-electron chi connectivity index (χ1n) is 13.4. The predicted molar refractivity (Wildman–Crippen MR) is 154 cm³/mol. The minimum Gasteiger partial charge on any atom is -0.383 e. The summed E-state index contributed by atoms with van der Waals surface area (Å²) in [6, 6.07) is 18.4. The van der Waals surface area contributed by atoms with Crippen LogP contribution in [0.2, 0.25) is 0 Å². The molecule has 0 amide bonds. The zero-order chi connectivity index (χ0) is 25.5. The summed E-state index contributed by atoms with van der Waals surface area (Å²) in [6.45, 7) is 19.0. The van der Waals surface area contributed by atoms with Crippen molar-refractivity contribution in [3.8, 4) is 0 Å². The highest BCUT2D eigenvalue weighted by atomic mass is 15.8. The van der Waals surface area contributed by atoms with Crippen LogP contribution in [-0.4, -0.2) is 18.6 Å². The number of benzene rings is 2. The van der Waals surface area contributed by atoms with Crippen LogP contribution >= 0.6 is 0 Å². The lowest BCUT2D eigenvalue weighted by Gasteiger charge is -2.38. The molecule has 1 aliphatic heterocycles. The van der Waals surface area contributed by atoms with Gasteiger partial charge in [0, 0.05) is 29.7 Å². The lowest BCUT2D eigenvalue weighted by Crippen LogP contribution is -2.52. The van der Waals surface area contributed by atoms with E-state index in [0.29, 0.717) is 29.8 Å². The molecular weight excluding hydrogens is 430 g/mol. The maximum Gasteiger partial charge on any atom is 0.0592 e. The van der Waals surface area contributed by atoms with Gasteiger partial charge < -0.3 is 10.6 Å². The van der Waals surface area contributed by atoms with Gasteiger partial charge in [-0.3, -0.25) is 10.0 Å². The van der Waals surface area contributed by atoms with Gasteiger partial charge in [0.25, 0.3) is 0 Å². The summed E-state index contributed by atoms with van der Waals surface area (Å²) in [7, 11) is 0. The van der Waals surface area contributed by atoms with Crippen LogP contribution in [0.15, 0.2) is 60.3 Å². The molecule has 1 aliphatic rings. The summed E-state index contributed by atoms with van der Waals surface area (Å²) in [5.41, 5.74) is 9.60. The summed E-state index contributed by atoms with van der Waals surface area (Å²) in [4.78, 5) is 0. The summed E-state index contributed by atoms with van der Waals surface area (Å²) in [5, 5.41) is 11.6. The lowest BCUT2D eigenvalue weighted by molar-refractivity contribution is 0.539. The standard InChI is InChI=1S/C30H47N5/c1-21(2)17-24(7)31-27-9-13-29(14-10-27)34-19-26(23(5)6)20-35(33-34)30-15-11-28(12-16-30)32-25(8)18-22(3)4/h9-16,19,21-25,31-33H,17-18,20H2,1-8H3. The van der Waals surface area contributed by atoms with Crippen LogP contribution in [-0.2, 0) is 0 Å². The van der Waals surface area contributed by atoms with Crippen LogP contribution in [0.1, 0.15) is 68.2 Å². The Bertz CT molecular complexity index is 930. The van der Waals surface area contributed by atoms with Gasteiger partial charge in [-0.25, -0.2) is 0 Å². The Morgan fingerprint density at radius 1 is 0.686 bits per heavy atom. The SMILES string of the molecule is CC(C)CC(C)Nc1ccc(N2C=C(C(C)C)CN(c3ccc(NC(C)CC(C)C)cc3)N2)cc1. The van der Waals surface area contributed by atoms with E-state index in [1.54, 1.807) is 0 Å². The first-order chi connectivity index (χ1) is 16.6. The third-order valence-electron chi connectivity index (χ3n) is 6.41. The van der Waals surface area contributed by atoms with Crippen LogP contribution in [0.4, 0.5) is 22.7 Å². The molecule has 5 heteroatoms. The Labute approximate surface area is 213 Å². The number of anilines is 4. The molecule has 3 rings (SSSR count). The Balaban J connectivity index is 1.71. The second-order valence-electron chi connectivity index (χ2n) is 11.4. The predicted octanol–water partition coefficient (Wildman–Crippen LogP) is 7.67. The normalized spacial score (nSPS) is 16.0. The molecule has 2 unspecified atom stereocenters. The van der Waals surface area contributed by atoms with Gasteiger partial charge in [0.15, 0.2) is 0 Å². The molecule has 0 saturated carbocycles. The van der Waals surface area contributed by atoms with Crippen LogP contribution < -0.4 is 26.2 Å². The Kier molecular flexibility index (Phi) is 9.50. The van der Waals surface area contributed by atoms with Crippen molar-refractivity contribution in [1.82, 2.24) is 5.53 Å². The average molecular weight is 478 g/mol. The highest BCUT2D eigenvalue weighted by Gasteiger charge is 2.21. The number of hydrogen-bond acceptors (Lipinski definition) is 5. The molecule has 2 aromatic carbocycles. The third-order valence-corrected chi connectivity index (χ3v) is 6.41. The highest BCUT2D eigenvalue weighted by molar-refractivity contribution is 5.60. The van der Waals surface area contributed by atoms with Gasteiger partial charge >= 0.3 is 0 Å². The fraction of sp³-hybridized carbons (Fsp3) is 0.533. The minimum atomic E-state index is 0.461. The molecule has 192 valence electrons. The summed E-state index contributed by atoms with van der Waals surface area (Å²) < 4.78 is 0. The Morgan fingerprint density at radius 3 is 1.57 bits per heavy atom. The second-order valence-corrected chi connectivity index (χ2v) is 11.4. The monoisotopic (exact) mass is 477 g/mol. The van der Waals surface area contributed by atoms with Crippen molar-refractivity contribution in [3.05, 3.63) is 60.3 Å². The van der Waals surface area contributed by atoms with E-state index >= 15 is 0 Å². The van der Waals surface area contributed by atoms with Gasteiger partial charge in [-0.2, -0.15) is 0 Å². The Morgan fingerprint density at radius 2 is 1.14 bits per heavy atom. The van der Waals surface area contributed by atoms with Crippen molar-refractivity contribution in [1.29, 1.82) is 0 Å². The van der Waals surface area contributed by atoms with Gasteiger partial charge in [-0.05, 0) is 98.5 Å². The quantitative estimate of drug-likeness (QED) is 0.310. The van der Waals surface area contributed by atoms with Crippen molar-refractivity contribution in [2.75, 3.05) is 27.2 Å². The molecule has 2 atom stereocenters. The maximum absolute atomic E-state index is 3.63. The largest absolute Gasteiger partial charge is 0.383 e. The number of hydrazine groups is 2. The Hall–Kier alpha value is -2.66. The van der Waals surface area contributed by atoms with E-state index in [1.807, 2.05) is 0 Å². The van der Waals surface area contributed by atoms with E-state index < -0.39 is 0 Å². The smallest absolute Gasteiger partial charge is 0.0592 e. The number of nitrogens with one attached hydrogen (secondary N) is 3. The zero-order valence-corrected chi connectivity index (χ0v) is 23.1. The molecule has 2 aromatic rings. The van der Waals surface area contributed by atoms with E-state index in [0.717, 1.165) is 30.8 Å². The summed E-state index contributed by atoms with van der Waals surface area (Å²) in [5.74, 6) is 1.85. The molecule has 0 aliphatic carbocycles. The maximum atomic E-state index is 3.63. The van der Waals surface area contributed by atoms with E-state index in [1.165, 1.54) is 16.9 Å². The zero-order valence-electron chi connectivity index (χ0n) is 23.1. The van der Waals surface area contributed by atoms with Crippen LogP contribution in [0, 0.1) is 17.8 Å². The van der Waals surface area contributed by atoms with Crippen molar-refractivity contribution in [2.24, 2.45) is 17.8 Å². The van der Waals surface area contributed by atoms with E-state index in [-0.39, 0.29) is 0 Å². The van der Waals surface area contributed by atoms with E-state index in [2.05, 4.69) is 136 Å². The van der Waals surface area contributed by atoms with E-state index in [4.69, 9.17) is 0 Å². The van der Waals surface area contributed by atoms with Crippen LogP contribution in [0.3, 0.4) is 0 Å². The van der Waals surface area contributed by atoms with E-state index in [9.17, 15) is 0 Å². The lowest BCUT2D eigenvalue weighted by atomic mass is 10.0. The van der Waals surface area contributed by atoms with Crippen molar-refractivity contribution < 1.29 is 0 Å². The first-order valence-corrected chi connectivity index (χ1v) is 13.4.